The second-order valence-corrected chi connectivity index (χ2v) is 11.7. The Morgan fingerprint density at radius 3 is 2.47 bits per heavy atom. The van der Waals surface area contributed by atoms with E-state index in [9.17, 15) is 37.1 Å². The summed E-state index contributed by atoms with van der Waals surface area (Å²) in [5, 5.41) is 8.97. The number of aromatic nitrogens is 2. The zero-order valence-corrected chi connectivity index (χ0v) is 25.6. The standard InChI is InChI=1S/C33H29F3N6O5/c1-4-27(43)38-24-12-26(29(33(34,35)36)18(3)17(24)2)41-16-19(13-37-41)5-6-20-14-40(15-20)21-7-8-22-23(11-21)32(47)42(31(22)46)25-9-10-28(44)39-30(25)45/h7-8,11-13,16,20,25H,4,9-10,14-15H2,1-3H3,(H,38,43)(H,39,44,45). The van der Waals surface area contributed by atoms with Crippen molar-refractivity contribution in [3.8, 4) is 17.5 Å². The fraction of sp³-hybridized carbons (Fsp3) is 0.333. The third-order valence-corrected chi connectivity index (χ3v) is 8.68. The number of hydrogen-bond acceptors (Lipinski definition) is 7. The van der Waals surface area contributed by atoms with Crippen LogP contribution in [0.2, 0.25) is 0 Å². The Kier molecular flexibility index (Phi) is 7.87. The molecule has 3 aliphatic rings. The van der Waals surface area contributed by atoms with Crippen molar-refractivity contribution in [1.29, 1.82) is 0 Å². The Hall–Kier alpha value is -5.45. The Balaban J connectivity index is 1.16. The molecule has 11 nitrogen and oxygen atoms in total. The minimum Gasteiger partial charge on any atom is -0.369 e. The molecular weight excluding hydrogens is 617 g/mol. The van der Waals surface area contributed by atoms with Crippen LogP contribution >= 0.6 is 0 Å². The van der Waals surface area contributed by atoms with E-state index in [1.54, 1.807) is 25.1 Å². The van der Waals surface area contributed by atoms with Crippen molar-refractivity contribution in [2.45, 2.75) is 52.3 Å². The highest BCUT2D eigenvalue weighted by Crippen LogP contribution is 2.40. The van der Waals surface area contributed by atoms with Crippen LogP contribution in [-0.4, -0.2) is 63.3 Å². The molecule has 3 aromatic rings. The molecule has 1 unspecified atom stereocenters. The molecule has 2 N–H and O–H groups in total. The first-order chi connectivity index (χ1) is 22.3. The first-order valence-electron chi connectivity index (χ1n) is 14.9. The number of piperidine rings is 1. The highest BCUT2D eigenvalue weighted by Gasteiger charge is 2.45. The van der Waals surface area contributed by atoms with Gasteiger partial charge in [0, 0.05) is 43.5 Å². The van der Waals surface area contributed by atoms with Crippen LogP contribution in [0.5, 0.6) is 0 Å². The van der Waals surface area contributed by atoms with Crippen molar-refractivity contribution in [1.82, 2.24) is 20.0 Å². The number of halogens is 3. The van der Waals surface area contributed by atoms with Gasteiger partial charge in [0.2, 0.25) is 17.7 Å². The number of anilines is 2. The van der Waals surface area contributed by atoms with Gasteiger partial charge in [-0.25, -0.2) is 4.68 Å². The molecular formula is C33H29F3N6O5. The highest BCUT2D eigenvalue weighted by molar-refractivity contribution is 6.23. The monoisotopic (exact) mass is 646 g/mol. The van der Waals surface area contributed by atoms with Gasteiger partial charge in [0.05, 0.1) is 40.1 Å². The molecule has 2 fully saturated rings. The predicted molar refractivity (Wildman–Crippen MR) is 163 cm³/mol. The third kappa shape index (κ3) is 5.73. The number of rotatable bonds is 5. The topological polar surface area (TPSA) is 134 Å². The molecule has 3 aliphatic heterocycles. The van der Waals surface area contributed by atoms with Crippen LogP contribution in [0.1, 0.15) is 69.2 Å². The van der Waals surface area contributed by atoms with Crippen molar-refractivity contribution < 1.29 is 37.1 Å². The first kappa shape index (κ1) is 31.5. The molecule has 0 radical (unpaired) electrons. The number of imide groups is 2. The van der Waals surface area contributed by atoms with Crippen LogP contribution in [0.15, 0.2) is 36.7 Å². The lowest BCUT2D eigenvalue weighted by Gasteiger charge is -2.38. The van der Waals surface area contributed by atoms with E-state index in [4.69, 9.17) is 0 Å². The number of alkyl halides is 3. The fourth-order valence-corrected chi connectivity index (χ4v) is 5.95. The molecule has 0 aliphatic carbocycles. The molecule has 0 bridgehead atoms. The second kappa shape index (κ2) is 11.7. The Bertz CT molecular complexity index is 1930. The lowest BCUT2D eigenvalue weighted by Crippen LogP contribution is -2.54. The molecule has 5 amide bonds. The summed E-state index contributed by atoms with van der Waals surface area (Å²) in [5.41, 5.74) is 0.973. The summed E-state index contributed by atoms with van der Waals surface area (Å²) >= 11 is 0. The molecule has 4 heterocycles. The van der Waals surface area contributed by atoms with E-state index in [1.807, 2.05) is 4.90 Å². The lowest BCUT2D eigenvalue weighted by molar-refractivity contribution is -0.138. The summed E-state index contributed by atoms with van der Waals surface area (Å²) in [6, 6.07) is 5.09. The number of carbonyl (C=O) groups excluding carboxylic acids is 5. The maximum atomic E-state index is 14.1. The van der Waals surface area contributed by atoms with Gasteiger partial charge in [0.25, 0.3) is 11.8 Å². The van der Waals surface area contributed by atoms with E-state index in [2.05, 4.69) is 27.6 Å². The summed E-state index contributed by atoms with van der Waals surface area (Å²) in [6.07, 6.45) is -1.61. The van der Waals surface area contributed by atoms with Gasteiger partial charge in [-0.15, -0.1) is 0 Å². The lowest BCUT2D eigenvalue weighted by atomic mass is 9.98. The SMILES string of the molecule is CCC(=O)Nc1cc(-n2cc(C#CC3CN(c4ccc5c(c4)C(=O)N(C4CCC(=O)NC4=O)C5=O)C3)cn2)c(C(F)(F)F)c(C)c1C. The second-order valence-electron chi connectivity index (χ2n) is 11.7. The van der Waals surface area contributed by atoms with Crippen molar-refractivity contribution in [2.24, 2.45) is 5.92 Å². The van der Waals surface area contributed by atoms with Gasteiger partial charge in [-0.05, 0) is 55.7 Å². The predicted octanol–water partition coefficient (Wildman–Crippen LogP) is 3.75. The van der Waals surface area contributed by atoms with E-state index < -0.39 is 41.4 Å². The number of carbonyl (C=O) groups is 5. The van der Waals surface area contributed by atoms with E-state index in [-0.39, 0.29) is 59.2 Å². The van der Waals surface area contributed by atoms with E-state index >= 15 is 0 Å². The third-order valence-electron chi connectivity index (χ3n) is 8.68. The average Bonchev–Trinajstić information content (AvgIpc) is 3.56. The van der Waals surface area contributed by atoms with Crippen LogP contribution in [0, 0.1) is 31.6 Å². The van der Waals surface area contributed by atoms with Crippen LogP contribution < -0.4 is 15.5 Å². The fourth-order valence-electron chi connectivity index (χ4n) is 5.95. The van der Waals surface area contributed by atoms with E-state index in [0.29, 0.717) is 29.9 Å². The molecule has 14 heteroatoms. The molecule has 47 heavy (non-hydrogen) atoms. The zero-order chi connectivity index (χ0) is 33.8. The van der Waals surface area contributed by atoms with E-state index in [0.717, 1.165) is 9.58 Å². The van der Waals surface area contributed by atoms with Gasteiger partial charge >= 0.3 is 6.18 Å². The molecule has 0 spiro atoms. The van der Waals surface area contributed by atoms with Crippen LogP contribution in [0.4, 0.5) is 24.5 Å². The van der Waals surface area contributed by atoms with Crippen molar-refractivity contribution in [2.75, 3.05) is 23.3 Å². The van der Waals surface area contributed by atoms with Crippen molar-refractivity contribution in [3.05, 3.63) is 70.0 Å². The minimum absolute atomic E-state index is 0.0135. The maximum Gasteiger partial charge on any atom is 0.418 e. The summed E-state index contributed by atoms with van der Waals surface area (Å²) in [4.78, 5) is 64.8. The van der Waals surface area contributed by atoms with Crippen molar-refractivity contribution in [3.63, 3.8) is 0 Å². The number of fused-ring (bicyclic) bond motifs is 1. The van der Waals surface area contributed by atoms with Gasteiger partial charge in [-0.3, -0.25) is 34.2 Å². The zero-order valence-electron chi connectivity index (χ0n) is 25.6. The van der Waals surface area contributed by atoms with Gasteiger partial charge in [0.1, 0.15) is 6.04 Å². The molecule has 242 valence electrons. The van der Waals surface area contributed by atoms with Gasteiger partial charge in [0.15, 0.2) is 0 Å². The molecule has 1 aromatic heterocycles. The molecule has 2 saturated heterocycles. The number of hydrogen-bond donors (Lipinski definition) is 2. The first-order valence-corrected chi connectivity index (χ1v) is 14.9. The summed E-state index contributed by atoms with van der Waals surface area (Å²) in [5.74, 6) is 3.39. The molecule has 6 rings (SSSR count). The Morgan fingerprint density at radius 1 is 1.06 bits per heavy atom. The van der Waals surface area contributed by atoms with Crippen LogP contribution in [0.3, 0.4) is 0 Å². The quantitative estimate of drug-likeness (QED) is 0.319. The molecule has 1 atom stereocenters. The highest BCUT2D eigenvalue weighted by atomic mass is 19.4. The summed E-state index contributed by atoms with van der Waals surface area (Å²) in [6.45, 7) is 5.55. The van der Waals surface area contributed by atoms with Gasteiger partial charge in [-0.2, -0.15) is 18.3 Å². The largest absolute Gasteiger partial charge is 0.418 e. The minimum atomic E-state index is -4.66. The number of benzene rings is 2. The number of nitrogens with one attached hydrogen (secondary N) is 2. The van der Waals surface area contributed by atoms with E-state index in [1.165, 1.54) is 32.3 Å². The number of nitrogens with zero attached hydrogens (tertiary/aromatic N) is 4. The maximum absolute atomic E-state index is 14.1. The Morgan fingerprint density at radius 2 is 1.79 bits per heavy atom. The van der Waals surface area contributed by atoms with Gasteiger partial charge < -0.3 is 10.2 Å². The average molecular weight is 647 g/mol. The molecule has 2 aromatic carbocycles. The van der Waals surface area contributed by atoms with Gasteiger partial charge in [-0.1, -0.05) is 18.8 Å². The van der Waals surface area contributed by atoms with Crippen LogP contribution in [-0.2, 0) is 20.6 Å². The summed E-state index contributed by atoms with van der Waals surface area (Å²) in [7, 11) is 0. The smallest absolute Gasteiger partial charge is 0.369 e. The Labute approximate surface area is 267 Å². The summed E-state index contributed by atoms with van der Waals surface area (Å²) < 4.78 is 43.5. The van der Waals surface area contributed by atoms with Crippen LogP contribution in [0.25, 0.3) is 5.69 Å². The normalized spacial score (nSPS) is 18.0. The number of amides is 5. The molecule has 0 saturated carbocycles. The van der Waals surface area contributed by atoms with Crippen molar-refractivity contribution >= 4 is 40.9 Å².